The highest BCUT2D eigenvalue weighted by Crippen LogP contribution is 2.29. The third-order valence-corrected chi connectivity index (χ3v) is 9.57. The summed E-state index contributed by atoms with van der Waals surface area (Å²) in [5.41, 5.74) is 11.3. The predicted molar refractivity (Wildman–Crippen MR) is 212 cm³/mol. The van der Waals surface area contributed by atoms with Crippen LogP contribution >= 0.6 is 0 Å². The third-order valence-electron chi connectivity index (χ3n) is 9.57. The number of fused-ring (bicyclic) bond motifs is 3. The first-order valence-corrected chi connectivity index (χ1v) is 18.5. The van der Waals surface area contributed by atoms with E-state index in [1.54, 1.807) is 6.07 Å². The molecule has 3 aromatic heterocycles. The van der Waals surface area contributed by atoms with Crippen molar-refractivity contribution in [2.75, 3.05) is 0 Å². The number of aromatic nitrogens is 6. The molecular weight excluding hydrogens is 620 g/mol. The molecule has 0 unspecified atom stereocenters. The SMILES string of the molecule is Cc1cc(C(C)C)cc2c1nc(C)n2C(C)C.Cc1nc2c(F)cc(C(C)C)cc2n1C(C)C.Cc1nc2ccc(C(C)C)cc2n1C(C)C. The van der Waals surface area contributed by atoms with Crippen LogP contribution in [-0.2, 0) is 0 Å². The Hall–Kier alpha value is -4.00. The summed E-state index contributed by atoms with van der Waals surface area (Å²) < 4.78 is 20.7. The van der Waals surface area contributed by atoms with Crippen LogP contribution < -0.4 is 0 Å². The maximum atomic E-state index is 14.0. The van der Waals surface area contributed by atoms with Crippen molar-refractivity contribution in [2.45, 2.75) is 147 Å². The second kappa shape index (κ2) is 15.5. The summed E-state index contributed by atoms with van der Waals surface area (Å²) in [6, 6.07) is 16.0. The van der Waals surface area contributed by atoms with E-state index in [-0.39, 0.29) is 5.82 Å². The monoisotopic (exact) mass is 680 g/mol. The van der Waals surface area contributed by atoms with Crippen LogP contribution in [0, 0.1) is 33.5 Å². The second-order valence-corrected chi connectivity index (χ2v) is 15.7. The van der Waals surface area contributed by atoms with Gasteiger partial charge in [0.1, 0.15) is 23.0 Å². The summed E-state index contributed by atoms with van der Waals surface area (Å²) in [5, 5.41) is 0. The molecular formula is C43H61FN6. The number of aryl methyl sites for hydroxylation is 4. The lowest BCUT2D eigenvalue weighted by Crippen LogP contribution is -2.03. The number of hydrogen-bond acceptors (Lipinski definition) is 3. The van der Waals surface area contributed by atoms with Crippen LogP contribution in [0.2, 0.25) is 0 Å². The molecule has 7 heteroatoms. The van der Waals surface area contributed by atoms with Gasteiger partial charge in [0, 0.05) is 18.1 Å². The highest BCUT2D eigenvalue weighted by atomic mass is 19.1. The van der Waals surface area contributed by atoms with Gasteiger partial charge in [0.25, 0.3) is 0 Å². The number of nitrogens with zero attached hydrogens (tertiary/aromatic N) is 6. The standard InChI is InChI=1S/C15H22N2.C14H19FN2.C14H20N2/c1-9(2)13-7-11(5)15-14(8-13)17(10(3)4)12(6)16-15;1-8(2)11-6-12(15)14-13(7-11)17(9(3)4)10(5)16-14;1-9(2)12-6-7-13-14(8-12)16(10(3)4)11(5)15-13/h7-10H,1-6H3;6-9H,1-5H3;6-10H,1-5H3. The molecule has 6 rings (SSSR count). The van der Waals surface area contributed by atoms with Crippen LogP contribution in [0.1, 0.15) is 159 Å². The lowest BCUT2D eigenvalue weighted by Gasteiger charge is -2.13. The molecule has 0 aliphatic heterocycles. The fraction of sp³-hybridized carbons (Fsp3) is 0.512. The Labute approximate surface area is 300 Å². The summed E-state index contributed by atoms with van der Waals surface area (Å²) in [6.45, 7) is 34.4. The van der Waals surface area contributed by atoms with Crippen LogP contribution in [0.5, 0.6) is 0 Å². The Morgan fingerprint density at radius 3 is 1.34 bits per heavy atom. The summed E-state index contributed by atoms with van der Waals surface area (Å²) in [5.74, 6) is 4.33. The molecule has 270 valence electrons. The van der Waals surface area contributed by atoms with Gasteiger partial charge in [-0.15, -0.1) is 0 Å². The number of rotatable bonds is 6. The largest absolute Gasteiger partial charge is 0.326 e. The molecule has 0 saturated carbocycles. The van der Waals surface area contributed by atoms with Gasteiger partial charge in [-0.3, -0.25) is 0 Å². The molecule has 0 N–H and O–H groups in total. The number of benzene rings is 3. The molecule has 0 aliphatic rings. The smallest absolute Gasteiger partial charge is 0.151 e. The highest BCUT2D eigenvalue weighted by Gasteiger charge is 2.17. The summed E-state index contributed by atoms with van der Waals surface area (Å²) in [4.78, 5) is 13.6. The molecule has 0 saturated heterocycles. The molecule has 3 heterocycles. The van der Waals surface area contributed by atoms with Gasteiger partial charge in [-0.05, 0) is 140 Å². The minimum Gasteiger partial charge on any atom is -0.326 e. The van der Waals surface area contributed by atoms with Crippen molar-refractivity contribution in [3.8, 4) is 0 Å². The Morgan fingerprint density at radius 2 is 0.860 bits per heavy atom. The van der Waals surface area contributed by atoms with E-state index in [0.717, 1.165) is 39.6 Å². The lowest BCUT2D eigenvalue weighted by molar-refractivity contribution is 0.599. The zero-order valence-electron chi connectivity index (χ0n) is 33.6. The van der Waals surface area contributed by atoms with Crippen LogP contribution in [0.4, 0.5) is 4.39 Å². The molecule has 3 aromatic carbocycles. The van der Waals surface area contributed by atoms with Crippen LogP contribution in [0.3, 0.4) is 0 Å². The topological polar surface area (TPSA) is 53.5 Å². The number of hydrogen-bond donors (Lipinski definition) is 0. The van der Waals surface area contributed by atoms with E-state index in [2.05, 4.69) is 164 Å². The van der Waals surface area contributed by atoms with E-state index in [1.165, 1.54) is 27.7 Å². The first-order chi connectivity index (χ1) is 23.3. The molecule has 0 fully saturated rings. The molecule has 0 spiro atoms. The van der Waals surface area contributed by atoms with E-state index < -0.39 is 0 Å². The van der Waals surface area contributed by atoms with Gasteiger partial charge in [0.05, 0.1) is 27.6 Å². The maximum absolute atomic E-state index is 14.0. The van der Waals surface area contributed by atoms with Gasteiger partial charge >= 0.3 is 0 Å². The fourth-order valence-corrected chi connectivity index (χ4v) is 7.01. The second-order valence-electron chi connectivity index (χ2n) is 15.7. The molecule has 0 aliphatic carbocycles. The van der Waals surface area contributed by atoms with Gasteiger partial charge in [-0.1, -0.05) is 53.7 Å². The van der Waals surface area contributed by atoms with E-state index in [0.29, 0.717) is 41.4 Å². The Morgan fingerprint density at radius 1 is 0.460 bits per heavy atom. The fourth-order valence-electron chi connectivity index (χ4n) is 7.01. The third kappa shape index (κ3) is 7.98. The Bertz CT molecular complexity index is 1980. The maximum Gasteiger partial charge on any atom is 0.151 e. The average Bonchev–Trinajstić information content (AvgIpc) is 3.66. The summed E-state index contributed by atoms with van der Waals surface area (Å²) in [6.07, 6.45) is 0. The Balaban J connectivity index is 0.000000169. The minimum absolute atomic E-state index is 0.214. The molecule has 50 heavy (non-hydrogen) atoms. The molecule has 0 atom stereocenters. The summed E-state index contributed by atoms with van der Waals surface area (Å²) >= 11 is 0. The first-order valence-electron chi connectivity index (χ1n) is 18.5. The van der Waals surface area contributed by atoms with Crippen molar-refractivity contribution in [1.82, 2.24) is 28.7 Å². The van der Waals surface area contributed by atoms with Gasteiger partial charge in [-0.2, -0.15) is 0 Å². The zero-order valence-corrected chi connectivity index (χ0v) is 33.6. The summed E-state index contributed by atoms with van der Waals surface area (Å²) in [7, 11) is 0. The van der Waals surface area contributed by atoms with Gasteiger partial charge in [0.15, 0.2) is 5.82 Å². The number of halogens is 1. The van der Waals surface area contributed by atoms with Crippen molar-refractivity contribution in [3.63, 3.8) is 0 Å². The zero-order chi connectivity index (χ0) is 37.4. The molecule has 0 radical (unpaired) electrons. The van der Waals surface area contributed by atoms with Crippen LogP contribution in [0.25, 0.3) is 33.1 Å². The quantitative estimate of drug-likeness (QED) is 0.176. The van der Waals surface area contributed by atoms with E-state index >= 15 is 0 Å². The average molecular weight is 681 g/mol. The first kappa shape index (κ1) is 38.8. The Kier molecular flexibility index (Phi) is 12.0. The van der Waals surface area contributed by atoms with E-state index in [4.69, 9.17) is 4.98 Å². The van der Waals surface area contributed by atoms with Gasteiger partial charge in [0.2, 0.25) is 0 Å². The van der Waals surface area contributed by atoms with E-state index in [9.17, 15) is 4.39 Å². The van der Waals surface area contributed by atoms with Crippen molar-refractivity contribution < 1.29 is 4.39 Å². The molecule has 6 aromatic rings. The normalized spacial score (nSPS) is 12.0. The number of imidazole rings is 3. The predicted octanol–water partition coefficient (Wildman–Crippen LogP) is 12.6. The van der Waals surface area contributed by atoms with Crippen molar-refractivity contribution >= 4 is 33.1 Å². The van der Waals surface area contributed by atoms with Gasteiger partial charge < -0.3 is 13.7 Å². The lowest BCUT2D eigenvalue weighted by atomic mass is 10.00. The van der Waals surface area contributed by atoms with Crippen molar-refractivity contribution in [1.29, 1.82) is 0 Å². The minimum atomic E-state index is -0.214. The van der Waals surface area contributed by atoms with Crippen molar-refractivity contribution in [2.24, 2.45) is 0 Å². The molecule has 0 bridgehead atoms. The van der Waals surface area contributed by atoms with Crippen molar-refractivity contribution in [3.05, 3.63) is 88.0 Å². The molecule has 6 nitrogen and oxygen atoms in total. The van der Waals surface area contributed by atoms with Crippen LogP contribution in [0.15, 0.2) is 42.5 Å². The van der Waals surface area contributed by atoms with E-state index in [1.807, 2.05) is 6.92 Å². The highest BCUT2D eigenvalue weighted by molar-refractivity contribution is 5.81. The van der Waals surface area contributed by atoms with Gasteiger partial charge in [-0.25, -0.2) is 19.3 Å². The van der Waals surface area contributed by atoms with Crippen LogP contribution in [-0.4, -0.2) is 28.7 Å². The molecule has 0 amide bonds.